The molecule has 1 saturated heterocycles. The number of hydrogen-bond acceptors (Lipinski definition) is 5. The fourth-order valence-electron chi connectivity index (χ4n) is 5.76. The highest BCUT2D eigenvalue weighted by Gasteiger charge is 2.28. The minimum atomic E-state index is -0.0548. The molecule has 1 aromatic carbocycles. The van der Waals surface area contributed by atoms with E-state index in [2.05, 4.69) is 28.1 Å². The van der Waals surface area contributed by atoms with Crippen LogP contribution in [0.5, 0.6) is 0 Å². The monoisotopic (exact) mass is 458 g/mol. The second-order valence-corrected chi connectivity index (χ2v) is 9.96. The number of nitrogens with two attached hydrogens (primary N) is 1. The van der Waals surface area contributed by atoms with E-state index in [0.717, 1.165) is 37.2 Å². The van der Waals surface area contributed by atoms with Gasteiger partial charge in [-0.15, -0.1) is 0 Å². The van der Waals surface area contributed by atoms with Crippen LogP contribution in [0.25, 0.3) is 11.0 Å². The number of rotatable bonds is 6. The van der Waals surface area contributed by atoms with E-state index in [-0.39, 0.29) is 11.6 Å². The first-order valence-corrected chi connectivity index (χ1v) is 12.7. The van der Waals surface area contributed by atoms with E-state index < -0.39 is 0 Å². The number of benzene rings is 1. The Kier molecular flexibility index (Phi) is 6.68. The lowest BCUT2D eigenvalue weighted by molar-refractivity contribution is 0.322. The molecule has 1 unspecified atom stereocenters. The Balaban J connectivity index is 1.60. The molecule has 0 spiro atoms. The standard InChI is InChI=1S/C27H34N6O/c28-16-23-24-25(27(34)32(19-30-24)15-13-20-8-3-1-4-9-20)33(17-21-10-5-2-6-11-21)26(23)31-14-7-12-22(29)18-31/h2,5-6,10-11,19-20,22H,1,3-4,7-9,12-15,17-18,29H2. The number of anilines is 1. The minimum Gasteiger partial charge on any atom is -0.355 e. The van der Waals surface area contributed by atoms with Crippen LogP contribution in [0.15, 0.2) is 41.5 Å². The SMILES string of the molecule is N#Cc1c(N2CCCC(N)C2)n(Cc2ccccc2)c2c(=O)n(CCC3CCCCC3)cnc12. The Morgan fingerprint density at radius 3 is 2.62 bits per heavy atom. The van der Waals surface area contributed by atoms with Crippen molar-refractivity contribution in [3.05, 3.63) is 58.1 Å². The van der Waals surface area contributed by atoms with Gasteiger partial charge in [0.2, 0.25) is 0 Å². The van der Waals surface area contributed by atoms with Crippen LogP contribution >= 0.6 is 0 Å². The van der Waals surface area contributed by atoms with Crippen LogP contribution in [0.3, 0.4) is 0 Å². The maximum atomic E-state index is 13.8. The highest BCUT2D eigenvalue weighted by molar-refractivity contribution is 5.89. The first-order chi connectivity index (χ1) is 16.7. The van der Waals surface area contributed by atoms with Gasteiger partial charge in [0.05, 0.1) is 6.33 Å². The molecule has 178 valence electrons. The summed E-state index contributed by atoms with van der Waals surface area (Å²) in [4.78, 5) is 20.6. The van der Waals surface area contributed by atoms with Gasteiger partial charge in [0.25, 0.3) is 5.56 Å². The summed E-state index contributed by atoms with van der Waals surface area (Å²) in [6, 6.07) is 12.5. The molecular weight excluding hydrogens is 424 g/mol. The molecule has 0 bridgehead atoms. The Labute approximate surface area is 200 Å². The summed E-state index contributed by atoms with van der Waals surface area (Å²) in [7, 11) is 0. The zero-order chi connectivity index (χ0) is 23.5. The highest BCUT2D eigenvalue weighted by atomic mass is 16.1. The number of hydrogen-bond donors (Lipinski definition) is 1. The molecule has 2 N–H and O–H groups in total. The molecule has 2 aromatic heterocycles. The maximum absolute atomic E-state index is 13.8. The third kappa shape index (κ3) is 4.47. The lowest BCUT2D eigenvalue weighted by Crippen LogP contribution is -2.44. The van der Waals surface area contributed by atoms with Crippen LogP contribution < -0.4 is 16.2 Å². The van der Waals surface area contributed by atoms with Gasteiger partial charge in [-0.25, -0.2) is 4.98 Å². The highest BCUT2D eigenvalue weighted by Crippen LogP contribution is 2.32. The molecule has 0 radical (unpaired) electrons. The number of aromatic nitrogens is 3. The summed E-state index contributed by atoms with van der Waals surface area (Å²) in [6.07, 6.45) is 11.0. The maximum Gasteiger partial charge on any atom is 0.277 e. The molecule has 34 heavy (non-hydrogen) atoms. The van der Waals surface area contributed by atoms with Gasteiger partial charge in [0.1, 0.15) is 28.5 Å². The molecule has 2 fully saturated rings. The van der Waals surface area contributed by atoms with Crippen LogP contribution in [0.4, 0.5) is 5.82 Å². The van der Waals surface area contributed by atoms with Gasteiger partial charge in [-0.05, 0) is 30.7 Å². The van der Waals surface area contributed by atoms with Gasteiger partial charge in [-0.1, -0.05) is 62.4 Å². The van der Waals surface area contributed by atoms with Crippen molar-refractivity contribution in [1.82, 2.24) is 14.1 Å². The Morgan fingerprint density at radius 2 is 1.88 bits per heavy atom. The number of fused-ring (bicyclic) bond motifs is 1. The molecule has 2 aliphatic rings. The van der Waals surface area contributed by atoms with Gasteiger partial charge in [0.15, 0.2) is 0 Å². The second kappa shape index (κ2) is 10.0. The fourth-order valence-corrected chi connectivity index (χ4v) is 5.76. The zero-order valence-corrected chi connectivity index (χ0v) is 19.8. The van der Waals surface area contributed by atoms with Gasteiger partial charge in [-0.3, -0.25) is 9.36 Å². The molecule has 1 saturated carbocycles. The third-order valence-electron chi connectivity index (χ3n) is 7.56. The van der Waals surface area contributed by atoms with E-state index >= 15 is 0 Å². The largest absolute Gasteiger partial charge is 0.355 e. The normalized spacial score (nSPS) is 19.4. The smallest absolute Gasteiger partial charge is 0.277 e. The summed E-state index contributed by atoms with van der Waals surface area (Å²) in [6.45, 7) is 2.69. The van der Waals surface area contributed by atoms with Crippen LogP contribution in [0.2, 0.25) is 0 Å². The molecular formula is C27H34N6O. The molecule has 1 aliphatic carbocycles. The molecule has 3 heterocycles. The van der Waals surface area contributed by atoms with Crippen molar-refractivity contribution in [3.8, 4) is 6.07 Å². The first-order valence-electron chi connectivity index (χ1n) is 12.7. The van der Waals surface area contributed by atoms with Crippen LogP contribution in [-0.4, -0.2) is 33.2 Å². The van der Waals surface area contributed by atoms with Gasteiger partial charge >= 0.3 is 0 Å². The number of nitriles is 1. The quantitative estimate of drug-likeness (QED) is 0.602. The number of aryl methyl sites for hydroxylation is 1. The Morgan fingerprint density at radius 1 is 1.09 bits per heavy atom. The van der Waals surface area contributed by atoms with E-state index in [1.165, 1.54) is 32.1 Å². The van der Waals surface area contributed by atoms with E-state index in [1.54, 1.807) is 10.9 Å². The summed E-state index contributed by atoms with van der Waals surface area (Å²) in [5.41, 5.74) is 8.85. The molecule has 5 rings (SSSR count). The van der Waals surface area contributed by atoms with Crippen molar-refractivity contribution in [2.24, 2.45) is 11.7 Å². The van der Waals surface area contributed by atoms with E-state index in [0.29, 0.717) is 42.1 Å². The molecule has 1 aliphatic heterocycles. The van der Waals surface area contributed by atoms with Gasteiger partial charge in [0, 0.05) is 32.2 Å². The molecule has 1 atom stereocenters. The molecule has 0 amide bonds. The van der Waals surface area contributed by atoms with E-state index in [4.69, 9.17) is 5.73 Å². The number of nitrogens with zero attached hydrogens (tertiary/aromatic N) is 5. The van der Waals surface area contributed by atoms with Crippen LogP contribution in [-0.2, 0) is 13.1 Å². The van der Waals surface area contributed by atoms with Crippen LogP contribution in [0, 0.1) is 17.2 Å². The van der Waals surface area contributed by atoms with Gasteiger partial charge < -0.3 is 15.2 Å². The minimum absolute atomic E-state index is 0.0548. The fraction of sp³-hybridized carbons (Fsp3) is 0.519. The van der Waals surface area contributed by atoms with Crippen molar-refractivity contribution >= 4 is 16.9 Å². The summed E-state index contributed by atoms with van der Waals surface area (Å²) < 4.78 is 3.78. The topological polar surface area (TPSA) is 92.9 Å². The molecule has 7 heteroatoms. The predicted octanol–water partition coefficient (Wildman–Crippen LogP) is 4.02. The van der Waals surface area contributed by atoms with Crippen molar-refractivity contribution in [2.75, 3.05) is 18.0 Å². The Hall–Kier alpha value is -3.11. The van der Waals surface area contributed by atoms with Crippen LogP contribution in [0.1, 0.15) is 62.5 Å². The average molecular weight is 459 g/mol. The zero-order valence-electron chi connectivity index (χ0n) is 19.8. The molecule has 7 nitrogen and oxygen atoms in total. The molecule has 3 aromatic rings. The lowest BCUT2D eigenvalue weighted by atomic mass is 9.87. The van der Waals surface area contributed by atoms with E-state index in [1.807, 2.05) is 22.8 Å². The first kappa shape index (κ1) is 22.7. The second-order valence-electron chi connectivity index (χ2n) is 9.96. The number of piperidine rings is 1. The third-order valence-corrected chi connectivity index (χ3v) is 7.56. The van der Waals surface area contributed by atoms with Crippen molar-refractivity contribution in [2.45, 2.75) is 70.5 Å². The van der Waals surface area contributed by atoms with Crippen molar-refractivity contribution in [1.29, 1.82) is 5.26 Å². The van der Waals surface area contributed by atoms with E-state index in [9.17, 15) is 10.1 Å². The van der Waals surface area contributed by atoms with Crippen molar-refractivity contribution < 1.29 is 0 Å². The predicted molar refractivity (Wildman–Crippen MR) is 135 cm³/mol. The average Bonchev–Trinajstić information content (AvgIpc) is 3.18. The lowest BCUT2D eigenvalue weighted by Gasteiger charge is -2.33. The summed E-state index contributed by atoms with van der Waals surface area (Å²) >= 11 is 0. The van der Waals surface area contributed by atoms with Gasteiger partial charge in [-0.2, -0.15) is 5.26 Å². The summed E-state index contributed by atoms with van der Waals surface area (Å²) in [5, 5.41) is 10.2. The summed E-state index contributed by atoms with van der Waals surface area (Å²) in [5.74, 6) is 1.47. The van der Waals surface area contributed by atoms with Crippen molar-refractivity contribution in [3.63, 3.8) is 0 Å². The Bertz CT molecular complexity index is 1230.